The molecule has 2 atom stereocenters. The molecule has 5 nitrogen and oxygen atoms in total. The van der Waals surface area contributed by atoms with Crippen LogP contribution in [0, 0.1) is 0 Å². The maximum absolute atomic E-state index is 11.3. The highest BCUT2D eigenvalue weighted by Gasteiger charge is 2.21. The monoisotopic (exact) mass is 295 g/mol. The minimum Gasteiger partial charge on any atom is -0.497 e. The highest BCUT2D eigenvalue weighted by molar-refractivity contribution is 5.72. The van der Waals surface area contributed by atoms with Crippen LogP contribution >= 0.6 is 0 Å². The summed E-state index contributed by atoms with van der Waals surface area (Å²) in [4.78, 5) is 11.3. The van der Waals surface area contributed by atoms with Gasteiger partial charge in [-0.25, -0.2) is 4.79 Å². The summed E-state index contributed by atoms with van der Waals surface area (Å²) in [5.74, 6) is 0.267. The van der Waals surface area contributed by atoms with Gasteiger partial charge in [-0.2, -0.15) is 0 Å². The van der Waals surface area contributed by atoms with Crippen LogP contribution in [-0.4, -0.2) is 30.8 Å². The molecule has 0 aliphatic heterocycles. The van der Waals surface area contributed by atoms with Crippen LogP contribution in [0.4, 0.5) is 0 Å². The van der Waals surface area contributed by atoms with E-state index < -0.39 is 12.1 Å². The molecule has 5 heteroatoms. The van der Waals surface area contributed by atoms with E-state index in [4.69, 9.17) is 9.47 Å². The second kappa shape index (κ2) is 8.52. The van der Waals surface area contributed by atoms with E-state index in [0.29, 0.717) is 17.9 Å². The molecule has 1 rings (SSSR count). The van der Waals surface area contributed by atoms with E-state index in [1.165, 1.54) is 0 Å². The maximum atomic E-state index is 11.3. The van der Waals surface area contributed by atoms with Crippen molar-refractivity contribution in [3.05, 3.63) is 23.8 Å². The Bertz CT molecular complexity index is 462. The van der Waals surface area contributed by atoms with Crippen LogP contribution in [0.5, 0.6) is 11.5 Å². The Morgan fingerprint density at radius 2 is 2.10 bits per heavy atom. The number of methoxy groups -OCH3 is 1. The SMILES string of the molecule is CCCC(Oc1cc(OC)ccc1C(C)NCC)C(=O)O. The summed E-state index contributed by atoms with van der Waals surface area (Å²) in [5.41, 5.74) is 0.931. The molecular formula is C16H25NO4. The lowest BCUT2D eigenvalue weighted by Crippen LogP contribution is -2.28. The number of nitrogens with one attached hydrogen (secondary N) is 1. The quantitative estimate of drug-likeness (QED) is 0.733. The zero-order valence-electron chi connectivity index (χ0n) is 13.2. The predicted octanol–water partition coefficient (Wildman–Crippen LogP) is 3.00. The fourth-order valence-corrected chi connectivity index (χ4v) is 2.17. The first kappa shape index (κ1) is 17.3. The minimum absolute atomic E-state index is 0.0759. The van der Waals surface area contributed by atoms with Gasteiger partial charge in [0.1, 0.15) is 11.5 Å². The Morgan fingerprint density at radius 1 is 1.38 bits per heavy atom. The lowest BCUT2D eigenvalue weighted by Gasteiger charge is -2.21. The Kier molecular flexibility index (Phi) is 7.02. The molecule has 0 spiro atoms. The first-order valence-electron chi connectivity index (χ1n) is 7.34. The van der Waals surface area contributed by atoms with Crippen LogP contribution in [0.2, 0.25) is 0 Å². The molecule has 0 bridgehead atoms. The number of hydrogen-bond donors (Lipinski definition) is 2. The average Bonchev–Trinajstić information content (AvgIpc) is 2.46. The third kappa shape index (κ3) is 4.93. The molecule has 2 N–H and O–H groups in total. The zero-order chi connectivity index (χ0) is 15.8. The molecule has 118 valence electrons. The molecule has 0 fully saturated rings. The Morgan fingerprint density at radius 3 is 2.62 bits per heavy atom. The van der Waals surface area contributed by atoms with Crippen LogP contribution in [0.3, 0.4) is 0 Å². The van der Waals surface area contributed by atoms with E-state index in [-0.39, 0.29) is 6.04 Å². The van der Waals surface area contributed by atoms with Gasteiger partial charge in [0, 0.05) is 17.7 Å². The summed E-state index contributed by atoms with van der Waals surface area (Å²) in [5, 5.41) is 12.6. The molecule has 0 heterocycles. The van der Waals surface area contributed by atoms with Crippen molar-refractivity contribution in [3.63, 3.8) is 0 Å². The van der Waals surface area contributed by atoms with Crippen molar-refractivity contribution >= 4 is 5.97 Å². The third-order valence-corrected chi connectivity index (χ3v) is 3.29. The number of ether oxygens (including phenoxy) is 2. The van der Waals surface area contributed by atoms with Crippen molar-refractivity contribution in [1.29, 1.82) is 0 Å². The van der Waals surface area contributed by atoms with Gasteiger partial charge < -0.3 is 19.9 Å². The number of carboxylic acids is 1. The molecule has 1 aromatic carbocycles. The first-order valence-corrected chi connectivity index (χ1v) is 7.34. The number of rotatable bonds is 9. The van der Waals surface area contributed by atoms with Gasteiger partial charge in [0.05, 0.1) is 7.11 Å². The van der Waals surface area contributed by atoms with E-state index in [9.17, 15) is 9.90 Å². The lowest BCUT2D eigenvalue weighted by atomic mass is 10.1. The predicted molar refractivity (Wildman–Crippen MR) is 82.0 cm³/mol. The summed E-state index contributed by atoms with van der Waals surface area (Å²) in [6, 6.07) is 5.58. The summed E-state index contributed by atoms with van der Waals surface area (Å²) < 4.78 is 10.9. The number of aliphatic carboxylic acids is 1. The Labute approximate surface area is 126 Å². The smallest absolute Gasteiger partial charge is 0.344 e. The Hall–Kier alpha value is -1.75. The number of carboxylic acid groups (broad SMARTS) is 1. The van der Waals surface area contributed by atoms with Crippen LogP contribution in [0.1, 0.15) is 45.2 Å². The van der Waals surface area contributed by atoms with Gasteiger partial charge in [0.15, 0.2) is 6.10 Å². The molecular weight excluding hydrogens is 270 g/mol. The minimum atomic E-state index is -0.943. The number of hydrogen-bond acceptors (Lipinski definition) is 4. The molecule has 21 heavy (non-hydrogen) atoms. The van der Waals surface area contributed by atoms with E-state index >= 15 is 0 Å². The molecule has 0 saturated heterocycles. The molecule has 1 aromatic rings. The maximum Gasteiger partial charge on any atom is 0.344 e. The molecule has 0 aliphatic carbocycles. The van der Waals surface area contributed by atoms with Crippen molar-refractivity contribution < 1.29 is 19.4 Å². The van der Waals surface area contributed by atoms with Crippen molar-refractivity contribution in [1.82, 2.24) is 5.32 Å². The third-order valence-electron chi connectivity index (χ3n) is 3.29. The van der Waals surface area contributed by atoms with Gasteiger partial charge in [0.25, 0.3) is 0 Å². The van der Waals surface area contributed by atoms with Crippen LogP contribution < -0.4 is 14.8 Å². The van der Waals surface area contributed by atoms with Crippen molar-refractivity contribution in [2.75, 3.05) is 13.7 Å². The first-order chi connectivity index (χ1) is 10.0. The summed E-state index contributed by atoms with van der Waals surface area (Å²) in [6.45, 7) is 6.81. The van der Waals surface area contributed by atoms with E-state index in [1.54, 1.807) is 13.2 Å². The lowest BCUT2D eigenvalue weighted by molar-refractivity contribution is -0.145. The molecule has 0 aliphatic rings. The zero-order valence-corrected chi connectivity index (χ0v) is 13.2. The largest absolute Gasteiger partial charge is 0.497 e. The average molecular weight is 295 g/mol. The Balaban J connectivity index is 3.07. The molecule has 0 amide bonds. The van der Waals surface area contributed by atoms with Crippen molar-refractivity contribution in [2.45, 2.75) is 45.8 Å². The topological polar surface area (TPSA) is 67.8 Å². The highest BCUT2D eigenvalue weighted by atomic mass is 16.5. The van der Waals surface area contributed by atoms with E-state index in [0.717, 1.165) is 18.5 Å². The second-order valence-corrected chi connectivity index (χ2v) is 4.92. The highest BCUT2D eigenvalue weighted by Crippen LogP contribution is 2.31. The van der Waals surface area contributed by atoms with E-state index in [1.807, 2.05) is 32.9 Å². The summed E-state index contributed by atoms with van der Waals surface area (Å²) in [7, 11) is 1.58. The molecule has 0 saturated carbocycles. The molecule has 0 radical (unpaired) electrons. The summed E-state index contributed by atoms with van der Waals surface area (Å²) >= 11 is 0. The van der Waals surface area contributed by atoms with Gasteiger partial charge in [-0.05, 0) is 26.0 Å². The van der Waals surface area contributed by atoms with Gasteiger partial charge in [0.2, 0.25) is 0 Å². The van der Waals surface area contributed by atoms with Gasteiger partial charge in [-0.15, -0.1) is 0 Å². The van der Waals surface area contributed by atoms with Crippen molar-refractivity contribution in [3.8, 4) is 11.5 Å². The number of benzene rings is 1. The molecule has 0 aromatic heterocycles. The van der Waals surface area contributed by atoms with Gasteiger partial charge >= 0.3 is 5.97 Å². The fourth-order valence-electron chi connectivity index (χ4n) is 2.17. The van der Waals surface area contributed by atoms with Gasteiger partial charge in [-0.1, -0.05) is 26.3 Å². The number of carbonyl (C=O) groups is 1. The van der Waals surface area contributed by atoms with Crippen LogP contribution in [0.25, 0.3) is 0 Å². The normalized spacial score (nSPS) is 13.5. The van der Waals surface area contributed by atoms with Gasteiger partial charge in [-0.3, -0.25) is 0 Å². The van der Waals surface area contributed by atoms with Crippen molar-refractivity contribution in [2.24, 2.45) is 0 Å². The summed E-state index contributed by atoms with van der Waals surface area (Å²) in [6.07, 6.45) is 0.385. The van der Waals surface area contributed by atoms with E-state index in [2.05, 4.69) is 5.32 Å². The fraction of sp³-hybridized carbons (Fsp3) is 0.562. The van der Waals surface area contributed by atoms with Crippen LogP contribution in [-0.2, 0) is 4.79 Å². The molecule has 2 unspecified atom stereocenters. The van der Waals surface area contributed by atoms with Crippen LogP contribution in [0.15, 0.2) is 18.2 Å². The second-order valence-electron chi connectivity index (χ2n) is 4.92. The standard InChI is InChI=1S/C16H25NO4/c1-5-7-14(16(18)19)21-15-10-12(20-4)8-9-13(15)11(3)17-6-2/h8-11,14,17H,5-7H2,1-4H3,(H,18,19).